The normalized spacial score (nSPS) is 20.0. The number of piperidine rings is 1. The van der Waals surface area contributed by atoms with E-state index in [1.165, 1.54) is 0 Å². The highest BCUT2D eigenvalue weighted by Gasteiger charge is 2.28. The highest BCUT2D eigenvalue weighted by atomic mass is 16.5. The largest absolute Gasteiger partial charge is 0.461 e. The monoisotopic (exact) mass is 272 g/mol. The van der Waals surface area contributed by atoms with Crippen molar-refractivity contribution >= 4 is 11.8 Å². The highest BCUT2D eigenvalue weighted by molar-refractivity contribution is 5.73. The van der Waals surface area contributed by atoms with Gasteiger partial charge in [0.2, 0.25) is 0 Å². The average molecular weight is 272 g/mol. The van der Waals surface area contributed by atoms with Crippen LogP contribution in [0.2, 0.25) is 0 Å². The molecule has 1 saturated heterocycles. The predicted molar refractivity (Wildman–Crippen MR) is 78.2 cm³/mol. The summed E-state index contributed by atoms with van der Waals surface area (Å²) in [6.45, 7) is 3.43. The molecule has 0 radical (unpaired) electrons. The summed E-state index contributed by atoms with van der Waals surface area (Å²) in [5, 5.41) is 0. The van der Waals surface area contributed by atoms with Crippen molar-refractivity contribution < 1.29 is 9.53 Å². The topological polar surface area (TPSA) is 42.4 Å². The van der Waals surface area contributed by atoms with E-state index in [9.17, 15) is 4.79 Å². The first-order valence-electron chi connectivity index (χ1n) is 7.00. The van der Waals surface area contributed by atoms with E-state index < -0.39 is 0 Å². The van der Waals surface area contributed by atoms with Gasteiger partial charge in [0.05, 0.1) is 5.92 Å². The summed E-state index contributed by atoms with van der Waals surface area (Å²) in [4.78, 5) is 18.6. The highest BCUT2D eigenvalue weighted by Crippen LogP contribution is 2.22. The number of nitrogens with zero attached hydrogens (tertiary/aromatic N) is 2. The lowest BCUT2D eigenvalue weighted by Gasteiger charge is -2.32. The van der Waals surface area contributed by atoms with Crippen molar-refractivity contribution in [3.8, 4) is 12.3 Å². The predicted octanol–water partition coefficient (Wildman–Crippen LogP) is 2.25. The quantitative estimate of drug-likeness (QED) is 0.623. The minimum Gasteiger partial charge on any atom is -0.461 e. The molecule has 2 rings (SSSR count). The van der Waals surface area contributed by atoms with Crippen LogP contribution in [0.3, 0.4) is 0 Å². The molecule has 0 spiro atoms. The number of hydrogen-bond acceptors (Lipinski definition) is 4. The lowest BCUT2D eigenvalue weighted by Crippen LogP contribution is -2.40. The Balaban J connectivity index is 1.93. The first-order valence-corrected chi connectivity index (χ1v) is 7.00. The molecule has 4 nitrogen and oxygen atoms in total. The van der Waals surface area contributed by atoms with E-state index in [1.807, 2.05) is 25.1 Å². The summed E-state index contributed by atoms with van der Waals surface area (Å²) in [5.41, 5.74) is 0. The van der Waals surface area contributed by atoms with Gasteiger partial charge in [0, 0.05) is 25.7 Å². The summed E-state index contributed by atoms with van der Waals surface area (Å²) in [7, 11) is 0. The van der Waals surface area contributed by atoms with Crippen molar-refractivity contribution in [3.05, 3.63) is 24.4 Å². The number of pyridine rings is 1. The maximum atomic E-state index is 12.1. The maximum absolute atomic E-state index is 12.1. The van der Waals surface area contributed by atoms with Gasteiger partial charge in [0.25, 0.3) is 0 Å². The molecule has 1 aliphatic rings. The van der Waals surface area contributed by atoms with Crippen molar-refractivity contribution in [1.29, 1.82) is 0 Å². The van der Waals surface area contributed by atoms with Gasteiger partial charge in [-0.15, -0.1) is 12.3 Å². The third-order valence-electron chi connectivity index (χ3n) is 3.45. The summed E-state index contributed by atoms with van der Waals surface area (Å²) in [6.07, 6.45) is 9.08. The molecule has 1 aromatic rings. The van der Waals surface area contributed by atoms with Gasteiger partial charge in [-0.25, -0.2) is 4.98 Å². The van der Waals surface area contributed by atoms with E-state index in [1.54, 1.807) is 6.20 Å². The van der Waals surface area contributed by atoms with Crippen LogP contribution in [0.5, 0.6) is 0 Å². The molecule has 1 fully saturated rings. The molecule has 0 amide bonds. The number of anilines is 1. The Bertz CT molecular complexity index is 481. The second-order valence-corrected chi connectivity index (χ2v) is 5.13. The second-order valence-electron chi connectivity index (χ2n) is 5.13. The summed E-state index contributed by atoms with van der Waals surface area (Å²) < 4.78 is 5.39. The SMILES string of the molecule is C#CC[C@@H](C)OC(=O)[C@H]1CCCN(c2ccccn2)C1. The average Bonchev–Trinajstić information content (AvgIpc) is 2.48. The number of esters is 1. The Morgan fingerprint density at radius 3 is 3.20 bits per heavy atom. The van der Waals surface area contributed by atoms with Crippen LogP contribution in [0.1, 0.15) is 26.2 Å². The van der Waals surface area contributed by atoms with Crippen LogP contribution in [0.15, 0.2) is 24.4 Å². The summed E-state index contributed by atoms with van der Waals surface area (Å²) >= 11 is 0. The van der Waals surface area contributed by atoms with E-state index in [0.717, 1.165) is 25.2 Å². The van der Waals surface area contributed by atoms with Gasteiger partial charge >= 0.3 is 5.97 Å². The van der Waals surface area contributed by atoms with Crippen molar-refractivity contribution in [2.75, 3.05) is 18.0 Å². The molecule has 0 aliphatic carbocycles. The van der Waals surface area contributed by atoms with Crippen molar-refractivity contribution in [2.24, 2.45) is 5.92 Å². The number of terminal acetylenes is 1. The van der Waals surface area contributed by atoms with E-state index >= 15 is 0 Å². The van der Waals surface area contributed by atoms with Crippen molar-refractivity contribution in [2.45, 2.75) is 32.3 Å². The zero-order chi connectivity index (χ0) is 14.4. The van der Waals surface area contributed by atoms with E-state index in [4.69, 9.17) is 11.2 Å². The zero-order valence-electron chi connectivity index (χ0n) is 11.8. The maximum Gasteiger partial charge on any atom is 0.311 e. The van der Waals surface area contributed by atoms with E-state index in [2.05, 4.69) is 15.8 Å². The number of hydrogen-bond donors (Lipinski definition) is 0. The lowest BCUT2D eigenvalue weighted by molar-refractivity contribution is -0.153. The second kappa shape index (κ2) is 6.95. The van der Waals surface area contributed by atoms with E-state index in [-0.39, 0.29) is 18.0 Å². The Morgan fingerprint density at radius 2 is 2.50 bits per heavy atom. The molecular weight excluding hydrogens is 252 g/mol. The number of ether oxygens (including phenoxy) is 1. The minimum atomic E-state index is -0.210. The molecule has 1 aliphatic heterocycles. The standard InChI is InChI=1S/C16H20N2O2/c1-3-7-13(2)20-16(19)14-8-6-11-18(12-14)15-9-4-5-10-17-15/h1,4-5,9-10,13-14H,6-8,11-12H2,2H3/t13-,14+/m1/s1. The van der Waals surface area contributed by atoms with Crippen molar-refractivity contribution in [1.82, 2.24) is 4.98 Å². The van der Waals surface area contributed by atoms with Gasteiger partial charge < -0.3 is 9.64 Å². The molecule has 2 atom stereocenters. The fraction of sp³-hybridized carbons (Fsp3) is 0.500. The number of carbonyl (C=O) groups is 1. The minimum absolute atomic E-state index is 0.0917. The number of aromatic nitrogens is 1. The molecule has 0 saturated carbocycles. The molecule has 0 bridgehead atoms. The Hall–Kier alpha value is -2.02. The lowest BCUT2D eigenvalue weighted by atomic mass is 9.98. The number of rotatable bonds is 4. The molecule has 4 heteroatoms. The van der Waals surface area contributed by atoms with Crippen molar-refractivity contribution in [3.63, 3.8) is 0 Å². The Kier molecular flexibility index (Phi) is 5.00. The van der Waals surface area contributed by atoms with Gasteiger partial charge in [-0.1, -0.05) is 6.07 Å². The summed E-state index contributed by atoms with van der Waals surface area (Å²) in [5.74, 6) is 3.19. The van der Waals surface area contributed by atoms with Crippen LogP contribution >= 0.6 is 0 Å². The summed E-state index contributed by atoms with van der Waals surface area (Å²) in [6, 6.07) is 5.81. The van der Waals surface area contributed by atoms with Crippen LogP contribution in [0, 0.1) is 18.3 Å². The fourth-order valence-electron chi connectivity index (χ4n) is 2.42. The van der Waals surface area contributed by atoms with Gasteiger partial charge in [-0.05, 0) is 31.9 Å². The van der Waals surface area contributed by atoms with Crippen LogP contribution in [-0.4, -0.2) is 30.1 Å². The molecule has 20 heavy (non-hydrogen) atoms. The van der Waals surface area contributed by atoms with Crippen LogP contribution in [-0.2, 0) is 9.53 Å². The van der Waals surface area contributed by atoms with Crippen LogP contribution < -0.4 is 4.90 Å². The van der Waals surface area contributed by atoms with Gasteiger partial charge in [0.15, 0.2) is 0 Å². The Morgan fingerprint density at radius 1 is 1.65 bits per heavy atom. The number of carbonyl (C=O) groups excluding carboxylic acids is 1. The molecule has 0 aromatic carbocycles. The first-order chi connectivity index (χ1) is 9.70. The van der Waals surface area contributed by atoms with Gasteiger partial charge in [-0.2, -0.15) is 0 Å². The fourth-order valence-corrected chi connectivity index (χ4v) is 2.42. The molecule has 0 unspecified atom stereocenters. The smallest absolute Gasteiger partial charge is 0.311 e. The zero-order valence-corrected chi connectivity index (χ0v) is 11.8. The van der Waals surface area contributed by atoms with Gasteiger partial charge in [0.1, 0.15) is 11.9 Å². The molecule has 0 N–H and O–H groups in total. The molecule has 2 heterocycles. The van der Waals surface area contributed by atoms with Crippen LogP contribution in [0.4, 0.5) is 5.82 Å². The van der Waals surface area contributed by atoms with Gasteiger partial charge in [-0.3, -0.25) is 4.79 Å². The molecule has 1 aromatic heterocycles. The first kappa shape index (κ1) is 14.4. The van der Waals surface area contributed by atoms with E-state index in [0.29, 0.717) is 13.0 Å². The third kappa shape index (κ3) is 3.74. The molecule has 106 valence electrons. The third-order valence-corrected chi connectivity index (χ3v) is 3.45. The molecular formula is C16H20N2O2. The Labute approximate surface area is 120 Å². The van der Waals surface area contributed by atoms with Crippen LogP contribution in [0.25, 0.3) is 0 Å².